The van der Waals surface area contributed by atoms with Gasteiger partial charge in [-0.05, 0) is 61.1 Å². The van der Waals surface area contributed by atoms with Crippen LogP contribution in [-0.2, 0) is 15.6 Å². The Kier molecular flexibility index (Phi) is 7.81. The molecule has 6 rings (SSSR count). The molecule has 6 nitrogen and oxygen atoms in total. The van der Waals surface area contributed by atoms with Crippen molar-refractivity contribution in [2.24, 2.45) is 0 Å². The third-order valence-electron chi connectivity index (χ3n) is 7.88. The maximum Gasteiger partial charge on any atom is 0.387 e. The Morgan fingerprint density at radius 2 is 1.85 bits per heavy atom. The van der Waals surface area contributed by atoms with E-state index in [-0.39, 0.29) is 35.3 Å². The molecule has 216 valence electrons. The molecule has 3 aromatic rings. The summed E-state index contributed by atoms with van der Waals surface area (Å²) in [6.45, 7) is 6.95. The van der Waals surface area contributed by atoms with E-state index in [1.54, 1.807) is 17.0 Å². The van der Waals surface area contributed by atoms with E-state index in [0.717, 1.165) is 42.6 Å². The highest BCUT2D eigenvalue weighted by atomic mass is 19.3. The van der Waals surface area contributed by atoms with Gasteiger partial charge in [0.2, 0.25) is 11.8 Å². The summed E-state index contributed by atoms with van der Waals surface area (Å²) in [5, 5.41) is 4.31. The highest BCUT2D eigenvalue weighted by molar-refractivity contribution is 5.94. The number of halogens is 3. The molecular formula is C32H34F3N3O3. The first-order valence-corrected chi connectivity index (χ1v) is 13.8. The monoisotopic (exact) mass is 565 g/mol. The van der Waals surface area contributed by atoms with Gasteiger partial charge in [0.25, 0.3) is 0 Å². The minimum Gasteiger partial charge on any atom is -0.435 e. The molecule has 1 fully saturated rings. The minimum absolute atomic E-state index is 0.00418. The van der Waals surface area contributed by atoms with Gasteiger partial charge in [0.1, 0.15) is 5.75 Å². The second kappa shape index (κ2) is 11.2. The fraction of sp³-hybridized carbons (Fsp3) is 0.406. The normalized spacial score (nSPS) is 16.0. The van der Waals surface area contributed by atoms with Crippen LogP contribution in [0.3, 0.4) is 0 Å². The van der Waals surface area contributed by atoms with Gasteiger partial charge in [-0.1, -0.05) is 67.9 Å². The predicted octanol–water partition coefficient (Wildman–Crippen LogP) is 8.05. The third-order valence-corrected chi connectivity index (χ3v) is 7.88. The van der Waals surface area contributed by atoms with Crippen molar-refractivity contribution in [2.45, 2.75) is 76.7 Å². The molecule has 1 heterocycles. The average molecular weight is 566 g/mol. The average Bonchev–Trinajstić information content (AvgIpc) is 3.42. The van der Waals surface area contributed by atoms with E-state index < -0.39 is 12.4 Å². The topological polar surface area (TPSA) is 68.5 Å². The fourth-order valence-electron chi connectivity index (χ4n) is 5.54. The first-order valence-electron chi connectivity index (χ1n) is 13.8. The summed E-state index contributed by atoms with van der Waals surface area (Å²) >= 11 is 0. The second-order valence-corrected chi connectivity index (χ2v) is 12.0. The van der Waals surface area contributed by atoms with Crippen molar-refractivity contribution in [3.63, 3.8) is 0 Å². The lowest BCUT2D eigenvalue weighted by molar-refractivity contribution is -0.118. The standard InChI is InChI=1S/C32H34F3N3O3/c1-20(33)8-13-27(39)38(25-7-5-6-22(16-25)21-9-11-26(12-10-21)40-30(34)35)19-23-14-15-32(17-24(23)18-32)28-36-29(41-37-28)31(2,3)4/h5-7,9-12,16,30H,1,8,13-15,17-19H2,2-4H3. The van der Waals surface area contributed by atoms with Crippen molar-refractivity contribution in [3.05, 3.63) is 83.8 Å². The number of carbonyl (C=O) groups excluding carboxylic acids is 1. The third kappa shape index (κ3) is 6.24. The maximum atomic E-state index is 13.5. The van der Waals surface area contributed by atoms with Crippen molar-refractivity contribution in [2.75, 3.05) is 11.4 Å². The first-order chi connectivity index (χ1) is 19.4. The number of anilines is 1. The van der Waals surface area contributed by atoms with Gasteiger partial charge in [-0.2, -0.15) is 13.8 Å². The van der Waals surface area contributed by atoms with E-state index in [2.05, 4.69) is 16.5 Å². The highest BCUT2D eigenvalue weighted by Gasteiger charge is 2.50. The molecule has 0 aliphatic heterocycles. The maximum absolute atomic E-state index is 13.5. The largest absolute Gasteiger partial charge is 0.435 e. The zero-order chi connectivity index (χ0) is 29.4. The molecule has 9 heteroatoms. The van der Waals surface area contributed by atoms with E-state index in [9.17, 15) is 18.0 Å². The van der Waals surface area contributed by atoms with E-state index in [0.29, 0.717) is 18.1 Å². The summed E-state index contributed by atoms with van der Waals surface area (Å²) < 4.78 is 48.6. The van der Waals surface area contributed by atoms with Gasteiger partial charge in [0.05, 0.1) is 5.83 Å². The van der Waals surface area contributed by atoms with Crippen molar-refractivity contribution < 1.29 is 27.2 Å². The van der Waals surface area contributed by atoms with Crippen molar-refractivity contribution in [1.82, 2.24) is 10.1 Å². The summed E-state index contributed by atoms with van der Waals surface area (Å²) in [6, 6.07) is 13.8. The smallest absolute Gasteiger partial charge is 0.387 e. The molecule has 0 N–H and O–H groups in total. The molecule has 2 bridgehead atoms. The number of aromatic nitrogens is 2. The Morgan fingerprint density at radius 3 is 2.44 bits per heavy atom. The number of fused-ring (bicyclic) bond motifs is 2. The quantitative estimate of drug-likeness (QED) is 0.233. The van der Waals surface area contributed by atoms with Crippen LogP contribution in [0.15, 0.2) is 76.6 Å². The summed E-state index contributed by atoms with van der Waals surface area (Å²) in [5.74, 6) is 0.737. The fourth-order valence-corrected chi connectivity index (χ4v) is 5.54. The molecule has 2 aromatic carbocycles. The van der Waals surface area contributed by atoms with Gasteiger partial charge in [0.15, 0.2) is 5.82 Å². The first kappa shape index (κ1) is 28.6. The minimum atomic E-state index is -2.90. The summed E-state index contributed by atoms with van der Waals surface area (Å²) in [5.41, 5.74) is 4.46. The number of benzene rings is 2. The van der Waals surface area contributed by atoms with Crippen LogP contribution in [0.1, 0.15) is 71.0 Å². The molecule has 0 spiro atoms. The number of nitrogens with zero attached hydrogens (tertiary/aromatic N) is 3. The predicted molar refractivity (Wildman–Crippen MR) is 151 cm³/mol. The number of rotatable bonds is 10. The van der Waals surface area contributed by atoms with E-state index in [1.807, 2.05) is 45.0 Å². The summed E-state index contributed by atoms with van der Waals surface area (Å²) in [6.07, 6.45) is 3.31. The van der Waals surface area contributed by atoms with Crippen molar-refractivity contribution in [1.29, 1.82) is 0 Å². The molecule has 0 saturated heterocycles. The van der Waals surface area contributed by atoms with Crippen LogP contribution in [0.2, 0.25) is 0 Å². The van der Waals surface area contributed by atoms with Crippen molar-refractivity contribution >= 4 is 11.6 Å². The lowest BCUT2D eigenvalue weighted by Gasteiger charge is -2.48. The number of allylic oxidation sites excluding steroid dienone is 2. The number of hydrogen-bond donors (Lipinski definition) is 0. The Balaban J connectivity index is 1.37. The molecular weight excluding hydrogens is 531 g/mol. The van der Waals surface area contributed by atoms with Crippen molar-refractivity contribution in [3.8, 4) is 16.9 Å². The van der Waals surface area contributed by atoms with Gasteiger partial charge in [-0.15, -0.1) is 0 Å². The molecule has 0 atom stereocenters. The van der Waals surface area contributed by atoms with E-state index in [1.165, 1.54) is 23.3 Å². The zero-order valence-corrected chi connectivity index (χ0v) is 23.6. The summed E-state index contributed by atoms with van der Waals surface area (Å²) in [7, 11) is 0. The van der Waals surface area contributed by atoms with Gasteiger partial charge < -0.3 is 14.2 Å². The van der Waals surface area contributed by atoms with Gasteiger partial charge in [-0.3, -0.25) is 4.79 Å². The van der Waals surface area contributed by atoms with Crippen LogP contribution in [-0.4, -0.2) is 29.2 Å². The molecule has 3 aliphatic rings. The highest BCUT2D eigenvalue weighted by Crippen LogP contribution is 2.55. The lowest BCUT2D eigenvalue weighted by atomic mass is 9.57. The number of alkyl halides is 2. The number of hydrogen-bond acceptors (Lipinski definition) is 5. The Morgan fingerprint density at radius 1 is 1.12 bits per heavy atom. The second-order valence-electron chi connectivity index (χ2n) is 12.0. The zero-order valence-electron chi connectivity index (χ0n) is 23.6. The van der Waals surface area contributed by atoms with Crippen LogP contribution >= 0.6 is 0 Å². The molecule has 0 unspecified atom stereocenters. The molecule has 1 aromatic heterocycles. The van der Waals surface area contributed by atoms with Crippen LogP contribution < -0.4 is 9.64 Å². The Hall–Kier alpha value is -3.88. The van der Waals surface area contributed by atoms with Gasteiger partial charge in [-0.25, -0.2) is 4.39 Å². The van der Waals surface area contributed by atoms with E-state index in [4.69, 9.17) is 9.51 Å². The van der Waals surface area contributed by atoms with Crippen LogP contribution in [0.4, 0.5) is 18.9 Å². The number of ether oxygens (including phenoxy) is 1. The van der Waals surface area contributed by atoms with Gasteiger partial charge in [0, 0.05) is 35.9 Å². The molecule has 0 radical (unpaired) electrons. The number of carbonyl (C=O) groups is 1. The molecule has 41 heavy (non-hydrogen) atoms. The Labute approximate surface area is 237 Å². The molecule has 1 saturated carbocycles. The van der Waals surface area contributed by atoms with Crippen LogP contribution in [0.25, 0.3) is 11.1 Å². The van der Waals surface area contributed by atoms with E-state index >= 15 is 0 Å². The molecule has 3 aliphatic carbocycles. The van der Waals surface area contributed by atoms with Crippen LogP contribution in [0.5, 0.6) is 5.75 Å². The SMILES string of the molecule is C=C(F)CCC(=O)N(CC1=C2CC(c3noc(C(C)(C)C)n3)(CC1)C2)c1cccc(-c2ccc(OC(F)F)cc2)c1. The lowest BCUT2D eigenvalue weighted by Crippen LogP contribution is -2.44. The Bertz CT molecular complexity index is 1460. The molecule has 1 amide bonds. The van der Waals surface area contributed by atoms with Crippen LogP contribution in [0, 0.1) is 0 Å². The summed E-state index contributed by atoms with van der Waals surface area (Å²) in [4.78, 5) is 19.8. The van der Waals surface area contributed by atoms with Gasteiger partial charge >= 0.3 is 6.61 Å². The number of amides is 1.